The van der Waals surface area contributed by atoms with Crippen molar-refractivity contribution >= 4 is 5.97 Å². The van der Waals surface area contributed by atoms with Crippen molar-refractivity contribution in [1.82, 2.24) is 0 Å². The zero-order valence-electron chi connectivity index (χ0n) is 10.7. The van der Waals surface area contributed by atoms with Gasteiger partial charge in [0.05, 0.1) is 20.3 Å². The summed E-state index contributed by atoms with van der Waals surface area (Å²) in [5.74, 6) is 0.185. The minimum Gasteiger partial charge on any atom is -0.497 e. The van der Waals surface area contributed by atoms with E-state index in [1.807, 2.05) is 24.3 Å². The average Bonchev–Trinajstić information content (AvgIpc) is 2.93. The Kier molecular flexibility index (Phi) is 4.20. The topological polar surface area (TPSA) is 44.8 Å². The Hall–Kier alpha value is -1.55. The number of hydrogen-bond acceptors (Lipinski definition) is 4. The highest BCUT2D eigenvalue weighted by atomic mass is 16.5. The Bertz CT molecular complexity index is 393. The van der Waals surface area contributed by atoms with Crippen molar-refractivity contribution in [3.05, 3.63) is 29.8 Å². The van der Waals surface area contributed by atoms with Gasteiger partial charge in [0.1, 0.15) is 11.7 Å². The van der Waals surface area contributed by atoms with Crippen LogP contribution >= 0.6 is 0 Å². The van der Waals surface area contributed by atoms with Crippen LogP contribution < -0.4 is 4.74 Å². The minimum atomic E-state index is -0.344. The molecule has 1 aromatic rings. The third kappa shape index (κ3) is 2.64. The lowest BCUT2D eigenvalue weighted by Gasteiger charge is -2.21. The lowest BCUT2D eigenvalue weighted by Crippen LogP contribution is -2.26. The molecule has 0 spiro atoms. The van der Waals surface area contributed by atoms with Gasteiger partial charge < -0.3 is 14.2 Å². The monoisotopic (exact) mass is 250 g/mol. The molecule has 98 valence electrons. The molecule has 1 aromatic carbocycles. The van der Waals surface area contributed by atoms with Gasteiger partial charge in [-0.05, 0) is 30.5 Å². The van der Waals surface area contributed by atoms with E-state index in [-0.39, 0.29) is 18.0 Å². The second-order valence-corrected chi connectivity index (χ2v) is 4.33. The quantitative estimate of drug-likeness (QED) is 0.768. The standard InChI is InChI=1S/C14H18O4/c1-16-11-7-5-10(6-8-11)13(14(15)17-2)12-4-3-9-18-12/h5-8,12-13H,3-4,9H2,1-2H3/t12-,13+/m1/s1. The predicted molar refractivity (Wildman–Crippen MR) is 66.7 cm³/mol. The van der Waals surface area contributed by atoms with E-state index in [1.54, 1.807) is 7.11 Å². The predicted octanol–water partition coefficient (Wildman–Crippen LogP) is 2.13. The maximum atomic E-state index is 11.9. The molecule has 4 nitrogen and oxygen atoms in total. The lowest BCUT2D eigenvalue weighted by atomic mass is 9.92. The summed E-state index contributed by atoms with van der Waals surface area (Å²) in [6.45, 7) is 0.717. The summed E-state index contributed by atoms with van der Waals surface area (Å²) >= 11 is 0. The third-order valence-corrected chi connectivity index (χ3v) is 3.27. The molecule has 1 aliphatic rings. The van der Waals surface area contributed by atoms with Gasteiger partial charge in [-0.15, -0.1) is 0 Å². The summed E-state index contributed by atoms with van der Waals surface area (Å²) in [4.78, 5) is 11.9. The molecule has 1 saturated heterocycles. The van der Waals surface area contributed by atoms with E-state index < -0.39 is 0 Å². The maximum absolute atomic E-state index is 11.9. The normalized spacial score (nSPS) is 20.4. The van der Waals surface area contributed by atoms with Crippen LogP contribution in [0.25, 0.3) is 0 Å². The van der Waals surface area contributed by atoms with Gasteiger partial charge in [0, 0.05) is 6.61 Å². The number of benzene rings is 1. The zero-order valence-corrected chi connectivity index (χ0v) is 10.7. The number of carbonyl (C=O) groups is 1. The smallest absolute Gasteiger partial charge is 0.315 e. The first-order valence-corrected chi connectivity index (χ1v) is 6.09. The fraction of sp³-hybridized carbons (Fsp3) is 0.500. The Morgan fingerprint density at radius 3 is 2.56 bits per heavy atom. The van der Waals surface area contributed by atoms with E-state index in [1.165, 1.54) is 7.11 Å². The van der Waals surface area contributed by atoms with Crippen LogP contribution in [0.15, 0.2) is 24.3 Å². The van der Waals surface area contributed by atoms with Crippen LogP contribution in [0.3, 0.4) is 0 Å². The molecule has 0 amide bonds. The van der Waals surface area contributed by atoms with Crippen molar-refractivity contribution in [2.24, 2.45) is 0 Å². The number of rotatable bonds is 4. The molecular formula is C14H18O4. The highest BCUT2D eigenvalue weighted by Crippen LogP contribution is 2.31. The molecule has 1 heterocycles. The lowest BCUT2D eigenvalue weighted by molar-refractivity contribution is -0.145. The first kappa shape index (κ1) is 12.9. The molecule has 2 atom stereocenters. The van der Waals surface area contributed by atoms with E-state index in [0.29, 0.717) is 6.61 Å². The molecule has 1 fully saturated rings. The van der Waals surface area contributed by atoms with E-state index in [4.69, 9.17) is 14.2 Å². The number of methoxy groups -OCH3 is 2. The number of hydrogen-bond donors (Lipinski definition) is 0. The van der Waals surface area contributed by atoms with Gasteiger partial charge in [0.2, 0.25) is 0 Å². The molecular weight excluding hydrogens is 232 g/mol. The molecule has 0 aliphatic carbocycles. The van der Waals surface area contributed by atoms with Crippen LogP contribution in [0.1, 0.15) is 24.3 Å². The molecule has 4 heteroatoms. The summed E-state index contributed by atoms with van der Waals surface area (Å²) in [6.07, 6.45) is 1.81. The van der Waals surface area contributed by atoms with Crippen LogP contribution in [0.2, 0.25) is 0 Å². The van der Waals surface area contributed by atoms with Gasteiger partial charge in [-0.2, -0.15) is 0 Å². The summed E-state index contributed by atoms with van der Waals surface area (Å²) in [6, 6.07) is 7.48. The summed E-state index contributed by atoms with van der Waals surface area (Å²) in [5, 5.41) is 0. The maximum Gasteiger partial charge on any atom is 0.315 e. The highest BCUT2D eigenvalue weighted by molar-refractivity contribution is 5.79. The zero-order chi connectivity index (χ0) is 13.0. The summed E-state index contributed by atoms with van der Waals surface area (Å²) in [5.41, 5.74) is 0.912. The van der Waals surface area contributed by atoms with Crippen LogP contribution in [-0.4, -0.2) is 32.9 Å². The first-order chi connectivity index (χ1) is 8.76. The van der Waals surface area contributed by atoms with Gasteiger partial charge in [0.25, 0.3) is 0 Å². The van der Waals surface area contributed by atoms with Crippen molar-refractivity contribution in [2.75, 3.05) is 20.8 Å². The van der Waals surface area contributed by atoms with E-state index in [9.17, 15) is 4.79 Å². The molecule has 0 radical (unpaired) electrons. The van der Waals surface area contributed by atoms with Crippen molar-refractivity contribution < 1.29 is 19.0 Å². The molecule has 0 unspecified atom stereocenters. The number of ether oxygens (including phenoxy) is 3. The van der Waals surface area contributed by atoms with Crippen LogP contribution in [0.5, 0.6) is 5.75 Å². The molecule has 18 heavy (non-hydrogen) atoms. The van der Waals surface area contributed by atoms with Crippen LogP contribution in [0.4, 0.5) is 0 Å². The largest absolute Gasteiger partial charge is 0.497 e. The summed E-state index contributed by atoms with van der Waals surface area (Å²) < 4.78 is 15.6. The average molecular weight is 250 g/mol. The molecule has 0 saturated carbocycles. The van der Waals surface area contributed by atoms with Crippen molar-refractivity contribution in [3.8, 4) is 5.75 Å². The Labute approximate surface area is 107 Å². The van der Waals surface area contributed by atoms with Gasteiger partial charge in [-0.25, -0.2) is 0 Å². The van der Waals surface area contributed by atoms with Gasteiger partial charge >= 0.3 is 5.97 Å². The van der Waals surface area contributed by atoms with E-state index >= 15 is 0 Å². The van der Waals surface area contributed by atoms with Crippen LogP contribution in [0, 0.1) is 0 Å². The van der Waals surface area contributed by atoms with Gasteiger partial charge in [0.15, 0.2) is 0 Å². The fourth-order valence-electron chi connectivity index (χ4n) is 2.31. The molecule has 0 aromatic heterocycles. The Morgan fingerprint density at radius 1 is 1.33 bits per heavy atom. The number of carbonyl (C=O) groups excluding carboxylic acids is 1. The summed E-state index contributed by atoms with van der Waals surface area (Å²) in [7, 11) is 3.03. The highest BCUT2D eigenvalue weighted by Gasteiger charge is 2.33. The molecule has 0 bridgehead atoms. The van der Waals surface area contributed by atoms with Crippen molar-refractivity contribution in [1.29, 1.82) is 0 Å². The van der Waals surface area contributed by atoms with Crippen molar-refractivity contribution in [2.45, 2.75) is 24.9 Å². The van der Waals surface area contributed by atoms with E-state index in [2.05, 4.69) is 0 Å². The molecule has 1 aliphatic heterocycles. The minimum absolute atomic E-state index is 0.0779. The van der Waals surface area contributed by atoms with Gasteiger partial charge in [-0.1, -0.05) is 12.1 Å². The van der Waals surface area contributed by atoms with Crippen molar-refractivity contribution in [3.63, 3.8) is 0 Å². The molecule has 2 rings (SSSR count). The first-order valence-electron chi connectivity index (χ1n) is 6.09. The number of esters is 1. The van der Waals surface area contributed by atoms with Crippen LogP contribution in [-0.2, 0) is 14.3 Å². The molecule has 0 N–H and O–H groups in total. The Morgan fingerprint density at radius 2 is 2.06 bits per heavy atom. The second kappa shape index (κ2) is 5.87. The Balaban J connectivity index is 2.23. The fourth-order valence-corrected chi connectivity index (χ4v) is 2.31. The third-order valence-electron chi connectivity index (χ3n) is 3.27. The second-order valence-electron chi connectivity index (χ2n) is 4.33. The SMILES string of the molecule is COC(=O)[C@@H](c1ccc(OC)cc1)[C@H]1CCCO1. The van der Waals surface area contributed by atoms with E-state index in [0.717, 1.165) is 24.2 Å². The van der Waals surface area contributed by atoms with Gasteiger partial charge in [-0.3, -0.25) is 4.79 Å².